The van der Waals surface area contributed by atoms with Crippen LogP contribution in [0.3, 0.4) is 0 Å². The summed E-state index contributed by atoms with van der Waals surface area (Å²) in [5.74, 6) is -0.217. The Kier molecular flexibility index (Phi) is 4.93. The molecule has 0 bridgehead atoms. The number of aryl methyl sites for hydroxylation is 1. The van der Waals surface area contributed by atoms with Gasteiger partial charge in [0, 0.05) is 43.3 Å². The van der Waals surface area contributed by atoms with Gasteiger partial charge in [-0.2, -0.15) is 0 Å². The highest BCUT2D eigenvalue weighted by Gasteiger charge is 2.28. The lowest BCUT2D eigenvalue weighted by Crippen LogP contribution is -2.45. The van der Waals surface area contributed by atoms with Gasteiger partial charge in [-0.05, 0) is 13.3 Å². The molecule has 2 N–H and O–H groups in total. The smallest absolute Gasteiger partial charge is 0.313 e. The molecule has 0 aliphatic carbocycles. The highest BCUT2D eigenvalue weighted by molar-refractivity contribution is 5.56. The summed E-state index contributed by atoms with van der Waals surface area (Å²) in [7, 11) is 0. The lowest BCUT2D eigenvalue weighted by Gasteiger charge is -2.35. The van der Waals surface area contributed by atoms with E-state index in [1.54, 1.807) is 25.1 Å². The summed E-state index contributed by atoms with van der Waals surface area (Å²) >= 11 is 0. The molecule has 1 aliphatic rings. The number of nitrogens with zero attached hydrogens (tertiary/aromatic N) is 2. The quantitative estimate of drug-likeness (QED) is 0.493. The van der Waals surface area contributed by atoms with Crippen LogP contribution in [0, 0.1) is 17.0 Å². The zero-order valence-corrected chi connectivity index (χ0v) is 12.2. The van der Waals surface area contributed by atoms with E-state index < -0.39 is 4.92 Å². The molecule has 1 aliphatic heterocycles. The van der Waals surface area contributed by atoms with Gasteiger partial charge >= 0.3 is 5.69 Å². The standard InChI is InChI=1S/C15H21N3O3/c1-3-4-13(17-9-7-16-8-10-17)12-6-5-11(2)14(15(12)19)18(20)21/h3,5-6,13,16,19H,1,4,7-10H2,2H3/t13-/m1/s1. The molecular weight excluding hydrogens is 270 g/mol. The molecule has 1 saturated heterocycles. The van der Waals surface area contributed by atoms with Crippen molar-refractivity contribution in [3.63, 3.8) is 0 Å². The van der Waals surface area contributed by atoms with Crippen molar-refractivity contribution >= 4 is 5.69 Å². The number of hydrogen-bond acceptors (Lipinski definition) is 5. The van der Waals surface area contributed by atoms with Crippen molar-refractivity contribution in [2.24, 2.45) is 0 Å². The SMILES string of the molecule is C=CC[C@H](c1ccc(C)c([N+](=O)[O-])c1O)N1CCNCC1. The Bertz CT molecular complexity index is 539. The Labute approximate surface area is 124 Å². The van der Waals surface area contributed by atoms with E-state index in [1.165, 1.54) is 0 Å². The van der Waals surface area contributed by atoms with Crippen molar-refractivity contribution < 1.29 is 10.0 Å². The van der Waals surface area contributed by atoms with Crippen molar-refractivity contribution in [2.45, 2.75) is 19.4 Å². The molecule has 0 amide bonds. The number of nitro groups is 1. The van der Waals surface area contributed by atoms with Gasteiger partial charge in [0.15, 0.2) is 5.75 Å². The van der Waals surface area contributed by atoms with E-state index in [0.29, 0.717) is 17.5 Å². The fraction of sp³-hybridized carbons (Fsp3) is 0.467. The molecule has 0 radical (unpaired) electrons. The van der Waals surface area contributed by atoms with Crippen molar-refractivity contribution in [1.82, 2.24) is 10.2 Å². The van der Waals surface area contributed by atoms with Gasteiger partial charge in [0.2, 0.25) is 0 Å². The molecular formula is C15H21N3O3. The first-order valence-corrected chi connectivity index (χ1v) is 7.08. The average Bonchev–Trinajstić information content (AvgIpc) is 2.46. The molecule has 1 heterocycles. The maximum atomic E-state index is 11.2. The van der Waals surface area contributed by atoms with Crippen LogP contribution in [0.1, 0.15) is 23.6 Å². The van der Waals surface area contributed by atoms with Crippen molar-refractivity contribution in [3.8, 4) is 5.75 Å². The zero-order valence-electron chi connectivity index (χ0n) is 12.2. The van der Waals surface area contributed by atoms with Crippen molar-refractivity contribution in [3.05, 3.63) is 46.0 Å². The summed E-state index contributed by atoms with van der Waals surface area (Å²) in [6, 6.07) is 3.41. The summed E-state index contributed by atoms with van der Waals surface area (Å²) < 4.78 is 0. The molecule has 21 heavy (non-hydrogen) atoms. The largest absolute Gasteiger partial charge is 0.502 e. The number of piperazine rings is 1. The average molecular weight is 291 g/mol. The van der Waals surface area contributed by atoms with Gasteiger partial charge < -0.3 is 10.4 Å². The molecule has 1 atom stereocenters. The van der Waals surface area contributed by atoms with E-state index in [0.717, 1.165) is 26.2 Å². The third-order valence-corrected chi connectivity index (χ3v) is 3.91. The first kappa shape index (κ1) is 15.5. The van der Waals surface area contributed by atoms with Crippen LogP contribution in [0.2, 0.25) is 0 Å². The maximum Gasteiger partial charge on any atom is 0.313 e. The highest BCUT2D eigenvalue weighted by atomic mass is 16.6. The van der Waals surface area contributed by atoms with Crippen LogP contribution in [0.5, 0.6) is 5.75 Å². The number of benzene rings is 1. The third-order valence-electron chi connectivity index (χ3n) is 3.91. The van der Waals surface area contributed by atoms with E-state index in [9.17, 15) is 15.2 Å². The fourth-order valence-corrected chi connectivity index (χ4v) is 2.82. The molecule has 1 aromatic rings. The minimum Gasteiger partial charge on any atom is -0.502 e. The van der Waals surface area contributed by atoms with E-state index in [2.05, 4.69) is 16.8 Å². The first-order valence-electron chi connectivity index (χ1n) is 7.08. The summed E-state index contributed by atoms with van der Waals surface area (Å²) in [5, 5.41) is 24.8. The van der Waals surface area contributed by atoms with Crippen LogP contribution >= 0.6 is 0 Å². The molecule has 0 spiro atoms. The minimum atomic E-state index is -0.517. The first-order chi connectivity index (χ1) is 10.1. The monoisotopic (exact) mass is 291 g/mol. The van der Waals surface area contributed by atoms with Gasteiger partial charge in [-0.15, -0.1) is 6.58 Å². The summed E-state index contributed by atoms with van der Waals surface area (Å²) in [4.78, 5) is 12.9. The van der Waals surface area contributed by atoms with Crippen molar-refractivity contribution in [2.75, 3.05) is 26.2 Å². The number of nitrogens with one attached hydrogen (secondary N) is 1. The Morgan fingerprint density at radius 1 is 1.52 bits per heavy atom. The fourth-order valence-electron chi connectivity index (χ4n) is 2.82. The molecule has 114 valence electrons. The molecule has 1 fully saturated rings. The van der Waals surface area contributed by atoms with Crippen LogP contribution in [-0.2, 0) is 0 Å². The summed E-state index contributed by atoms with van der Waals surface area (Å²) in [5.41, 5.74) is 0.879. The second kappa shape index (κ2) is 6.69. The molecule has 6 heteroatoms. The third kappa shape index (κ3) is 3.22. The van der Waals surface area contributed by atoms with Gasteiger partial charge in [-0.1, -0.05) is 18.2 Å². The maximum absolute atomic E-state index is 11.2. The van der Waals surface area contributed by atoms with Crippen LogP contribution in [-0.4, -0.2) is 41.1 Å². The van der Waals surface area contributed by atoms with E-state index in [-0.39, 0.29) is 17.5 Å². The van der Waals surface area contributed by atoms with E-state index >= 15 is 0 Å². The Balaban J connectivity index is 2.42. The van der Waals surface area contributed by atoms with Gasteiger partial charge in [-0.25, -0.2) is 0 Å². The molecule has 0 unspecified atom stereocenters. The van der Waals surface area contributed by atoms with Gasteiger partial charge in [-0.3, -0.25) is 15.0 Å². The zero-order chi connectivity index (χ0) is 15.4. The second-order valence-electron chi connectivity index (χ2n) is 5.25. The minimum absolute atomic E-state index is 0.0797. The molecule has 0 aromatic heterocycles. The lowest BCUT2D eigenvalue weighted by atomic mass is 9.97. The van der Waals surface area contributed by atoms with Crippen LogP contribution in [0.25, 0.3) is 0 Å². The Morgan fingerprint density at radius 3 is 2.76 bits per heavy atom. The molecule has 1 aromatic carbocycles. The number of hydrogen-bond donors (Lipinski definition) is 2. The number of nitro benzene ring substituents is 1. The van der Waals surface area contributed by atoms with Gasteiger partial charge in [0.25, 0.3) is 0 Å². The predicted molar refractivity (Wildman–Crippen MR) is 81.5 cm³/mol. The van der Waals surface area contributed by atoms with Gasteiger partial charge in [0.1, 0.15) is 0 Å². The summed E-state index contributed by atoms with van der Waals surface area (Å²) in [6.07, 6.45) is 2.44. The van der Waals surface area contributed by atoms with Crippen LogP contribution in [0.15, 0.2) is 24.8 Å². The number of rotatable bonds is 5. The number of phenolic OH excluding ortho intramolecular Hbond substituents is 1. The van der Waals surface area contributed by atoms with Crippen molar-refractivity contribution in [1.29, 1.82) is 0 Å². The summed E-state index contributed by atoms with van der Waals surface area (Å²) in [6.45, 7) is 8.85. The number of aromatic hydroxyl groups is 1. The van der Waals surface area contributed by atoms with E-state index in [4.69, 9.17) is 0 Å². The number of phenols is 1. The van der Waals surface area contributed by atoms with Gasteiger partial charge in [0.05, 0.1) is 4.92 Å². The Hall–Kier alpha value is -1.92. The Morgan fingerprint density at radius 2 is 2.19 bits per heavy atom. The second-order valence-corrected chi connectivity index (χ2v) is 5.25. The van der Waals surface area contributed by atoms with Crippen LogP contribution in [0.4, 0.5) is 5.69 Å². The predicted octanol–water partition coefficient (Wildman–Crippen LogP) is 2.13. The van der Waals surface area contributed by atoms with E-state index in [1.807, 2.05) is 0 Å². The normalized spacial score (nSPS) is 17.4. The molecule has 6 nitrogen and oxygen atoms in total. The topological polar surface area (TPSA) is 78.6 Å². The molecule has 2 rings (SSSR count). The lowest BCUT2D eigenvalue weighted by molar-refractivity contribution is -0.386. The highest BCUT2D eigenvalue weighted by Crippen LogP contribution is 2.39. The molecule has 0 saturated carbocycles. The van der Waals surface area contributed by atoms with Crippen LogP contribution < -0.4 is 5.32 Å².